The van der Waals surface area contributed by atoms with Gasteiger partial charge in [0, 0.05) is 33.6 Å². The molecule has 71 heavy (non-hydrogen) atoms. The van der Waals surface area contributed by atoms with Crippen molar-refractivity contribution >= 4 is 50.8 Å². The first-order valence-electron chi connectivity index (χ1n) is 25.7. The van der Waals surface area contributed by atoms with Crippen molar-refractivity contribution < 1.29 is 5.11 Å². The summed E-state index contributed by atoms with van der Waals surface area (Å²) >= 11 is 0. The SMILES string of the molecule is C=C/C=C\CC(C)c1cccc2c1C1C=C(c3c(C)c(C)c4c(c3C)c(=C(C)C)/c(=C(/O)C(=C)C)n4C(/C=C(\C(=C)c3ccccc3C)C3CC3)=C/C)C=CC(C1)N2C(/C=C\C=C\c1ccccc1)=C/C. The molecule has 5 aromatic rings. The highest BCUT2D eigenvalue weighted by Crippen LogP contribution is 2.49. The van der Waals surface area contributed by atoms with Gasteiger partial charge in [-0.15, -0.1) is 0 Å². The molecule has 3 unspecified atom stereocenters. The molecule has 0 amide bonds. The summed E-state index contributed by atoms with van der Waals surface area (Å²) in [6, 6.07) is 26.1. The highest BCUT2D eigenvalue weighted by molar-refractivity contribution is 5.99. The number of aromatic nitrogens is 1. The minimum atomic E-state index is 0.127. The predicted octanol–water partition coefficient (Wildman–Crippen LogP) is 16.9. The van der Waals surface area contributed by atoms with Gasteiger partial charge in [-0.2, -0.15) is 0 Å². The molecule has 3 nitrogen and oxygen atoms in total. The second kappa shape index (κ2) is 21.5. The average molecular weight is 935 g/mol. The summed E-state index contributed by atoms with van der Waals surface area (Å²) < 4.78 is 2.34. The summed E-state index contributed by atoms with van der Waals surface area (Å²) in [5, 5.41) is 15.4. The zero-order chi connectivity index (χ0) is 50.7. The van der Waals surface area contributed by atoms with Crippen LogP contribution < -0.4 is 15.5 Å². The molecular weight excluding hydrogens is 861 g/mol. The minimum Gasteiger partial charge on any atom is -0.505 e. The number of allylic oxidation sites excluding steroid dienone is 15. The zero-order valence-electron chi connectivity index (χ0n) is 44.0. The van der Waals surface area contributed by atoms with Crippen molar-refractivity contribution in [3.05, 3.63) is 243 Å². The lowest BCUT2D eigenvalue weighted by Gasteiger charge is -2.42. The molecule has 1 aromatic heterocycles. The van der Waals surface area contributed by atoms with Crippen LogP contribution in [0.2, 0.25) is 0 Å². The fourth-order valence-corrected chi connectivity index (χ4v) is 11.3. The Balaban J connectivity index is 1.35. The van der Waals surface area contributed by atoms with Gasteiger partial charge in [0.25, 0.3) is 0 Å². The molecule has 2 bridgehead atoms. The molecule has 3 heteroatoms. The quantitative estimate of drug-likeness (QED) is 0.106. The lowest BCUT2D eigenvalue weighted by atomic mass is 9.78. The monoisotopic (exact) mass is 935 g/mol. The molecular formula is C68H74N2O. The van der Waals surface area contributed by atoms with E-state index in [0.29, 0.717) is 17.4 Å². The first kappa shape index (κ1) is 50.3. The van der Waals surface area contributed by atoms with E-state index >= 15 is 0 Å². The van der Waals surface area contributed by atoms with Crippen molar-refractivity contribution in [2.24, 2.45) is 5.92 Å². The number of hydrogen-bond acceptors (Lipinski definition) is 2. The van der Waals surface area contributed by atoms with E-state index in [1.165, 1.54) is 78.0 Å². The van der Waals surface area contributed by atoms with Crippen LogP contribution in [0, 0.1) is 33.6 Å². The number of rotatable bonds is 15. The summed E-state index contributed by atoms with van der Waals surface area (Å²) in [6.07, 6.45) is 33.3. The smallest absolute Gasteiger partial charge is 0.142 e. The second-order valence-electron chi connectivity index (χ2n) is 20.2. The standard InChI is InChI=1S/C68H74N2O/c1-14-17-19-27-46(9)59-34-26-35-61-65(59)54-40-53(38-39-57(41-54)69(61)55(15-2)32-24-23-31-51-29-20-18-21-30-51)63-47(10)48(11)66-64(50(63)13)62(43(4)5)67(68(71)44(6)7)70(66)56(16-3)42-60(52-36-37-52)49(12)58-33-25-22-28-45(58)8/h14-26,28-35,38-40,42,46,52,54,57,71H,1,6,12,27,36-37,41H2,2-5,7-11,13H3/b19-17-,31-23+,32-24-,55-15+,56-16+,60-42+,68-67-. The highest BCUT2D eigenvalue weighted by atomic mass is 16.3. The van der Waals surface area contributed by atoms with E-state index in [9.17, 15) is 5.11 Å². The van der Waals surface area contributed by atoms with Gasteiger partial charge in [0.05, 0.1) is 16.9 Å². The Bertz CT molecular complexity index is 3320. The van der Waals surface area contributed by atoms with Gasteiger partial charge in [0.2, 0.25) is 0 Å². The van der Waals surface area contributed by atoms with E-state index in [1.54, 1.807) is 0 Å². The van der Waals surface area contributed by atoms with E-state index < -0.39 is 0 Å². The maximum Gasteiger partial charge on any atom is 0.142 e. The summed E-state index contributed by atoms with van der Waals surface area (Å²) in [5.41, 5.74) is 21.2. The first-order valence-corrected chi connectivity index (χ1v) is 25.7. The maximum atomic E-state index is 12.4. The number of anilines is 1. The van der Waals surface area contributed by atoms with Crippen LogP contribution in [0.4, 0.5) is 5.69 Å². The zero-order valence-corrected chi connectivity index (χ0v) is 44.0. The van der Waals surface area contributed by atoms with Crippen LogP contribution in [-0.2, 0) is 0 Å². The number of aryl methyl sites for hydroxylation is 3. The van der Waals surface area contributed by atoms with Crippen molar-refractivity contribution in [3.8, 4) is 0 Å². The topological polar surface area (TPSA) is 28.4 Å². The molecule has 0 saturated heterocycles. The van der Waals surface area contributed by atoms with E-state index in [0.717, 1.165) is 58.6 Å². The van der Waals surface area contributed by atoms with Crippen molar-refractivity contribution in [1.29, 1.82) is 0 Å². The molecule has 3 aliphatic rings. The van der Waals surface area contributed by atoms with Crippen molar-refractivity contribution in [1.82, 2.24) is 4.57 Å². The van der Waals surface area contributed by atoms with Gasteiger partial charge in [0.1, 0.15) is 5.76 Å². The van der Waals surface area contributed by atoms with Crippen molar-refractivity contribution in [2.45, 2.75) is 113 Å². The largest absolute Gasteiger partial charge is 0.505 e. The lowest BCUT2D eigenvalue weighted by Crippen LogP contribution is -2.38. The van der Waals surface area contributed by atoms with Gasteiger partial charge < -0.3 is 14.6 Å². The first-order chi connectivity index (χ1) is 34.2. The highest BCUT2D eigenvalue weighted by Gasteiger charge is 2.36. The number of aliphatic hydroxyl groups excluding tert-OH is 1. The normalized spacial score (nSPS) is 18.3. The maximum absolute atomic E-state index is 12.4. The number of nitrogens with zero attached hydrogens (tertiary/aromatic N) is 2. The van der Waals surface area contributed by atoms with E-state index in [-0.39, 0.29) is 17.7 Å². The minimum absolute atomic E-state index is 0.127. The molecule has 2 heterocycles. The van der Waals surface area contributed by atoms with Gasteiger partial charge in [-0.05, 0) is 190 Å². The van der Waals surface area contributed by atoms with Crippen LogP contribution in [-0.4, -0.2) is 15.7 Å². The molecule has 362 valence electrons. The Morgan fingerprint density at radius 1 is 0.831 bits per heavy atom. The molecule has 0 spiro atoms. The molecule has 1 N–H and O–H groups in total. The van der Waals surface area contributed by atoms with Crippen LogP contribution in [0.25, 0.3) is 45.2 Å². The molecule has 8 rings (SSSR count). The van der Waals surface area contributed by atoms with Gasteiger partial charge >= 0.3 is 0 Å². The summed E-state index contributed by atoms with van der Waals surface area (Å²) in [4.78, 5) is 2.57. The van der Waals surface area contributed by atoms with Crippen molar-refractivity contribution in [2.75, 3.05) is 4.90 Å². The van der Waals surface area contributed by atoms with Gasteiger partial charge in [-0.3, -0.25) is 0 Å². The van der Waals surface area contributed by atoms with E-state index in [4.69, 9.17) is 6.58 Å². The van der Waals surface area contributed by atoms with E-state index in [2.05, 4.69) is 231 Å². The van der Waals surface area contributed by atoms with Crippen LogP contribution in [0.1, 0.15) is 129 Å². The molecule has 4 aromatic carbocycles. The van der Waals surface area contributed by atoms with Crippen LogP contribution in [0.15, 0.2) is 182 Å². The van der Waals surface area contributed by atoms with Gasteiger partial charge in [-0.25, -0.2) is 0 Å². The fraction of sp³-hybridized carbons (Fsp3) is 0.265. The number of hydrogen-bond donors (Lipinski definition) is 1. The van der Waals surface area contributed by atoms with Gasteiger partial charge in [-0.1, -0.05) is 166 Å². The summed E-state index contributed by atoms with van der Waals surface area (Å²) in [7, 11) is 0. The van der Waals surface area contributed by atoms with Crippen LogP contribution in [0.3, 0.4) is 0 Å². The third-order valence-electron chi connectivity index (χ3n) is 15.1. The lowest BCUT2D eigenvalue weighted by molar-refractivity contribution is 0.501. The summed E-state index contributed by atoms with van der Waals surface area (Å²) in [5.74, 6) is 1.13. The van der Waals surface area contributed by atoms with E-state index in [1.807, 2.05) is 13.0 Å². The third kappa shape index (κ3) is 9.85. The molecule has 0 radical (unpaired) electrons. The fourth-order valence-electron chi connectivity index (χ4n) is 11.3. The van der Waals surface area contributed by atoms with Gasteiger partial charge in [0.15, 0.2) is 0 Å². The Kier molecular flexibility index (Phi) is 15.2. The number of fused-ring (bicyclic) bond motifs is 5. The Labute approximate surface area is 425 Å². The Morgan fingerprint density at radius 3 is 2.21 bits per heavy atom. The molecule has 3 atom stereocenters. The second-order valence-corrected chi connectivity index (χ2v) is 20.2. The third-order valence-corrected chi connectivity index (χ3v) is 15.1. The summed E-state index contributed by atoms with van der Waals surface area (Å²) in [6.45, 7) is 35.0. The van der Waals surface area contributed by atoms with Crippen LogP contribution >= 0.6 is 0 Å². The molecule has 1 fully saturated rings. The molecule has 1 aliphatic heterocycles. The van der Waals surface area contributed by atoms with Crippen LogP contribution in [0.5, 0.6) is 0 Å². The average Bonchev–Trinajstić information content (AvgIpc) is 4.17. The molecule has 1 saturated carbocycles. The number of aliphatic hydroxyl groups is 1. The Morgan fingerprint density at radius 2 is 1.55 bits per heavy atom. The Hall–Kier alpha value is -7.10. The predicted molar refractivity (Wildman–Crippen MR) is 310 cm³/mol. The number of benzene rings is 4. The van der Waals surface area contributed by atoms with Crippen molar-refractivity contribution in [3.63, 3.8) is 0 Å². The molecule has 2 aliphatic carbocycles.